The summed E-state index contributed by atoms with van der Waals surface area (Å²) in [6.45, 7) is 4.39. The maximum Gasteiger partial charge on any atom is 0.243 e. The summed E-state index contributed by atoms with van der Waals surface area (Å²) in [5.74, 6) is 1.20. The van der Waals surface area contributed by atoms with Crippen molar-refractivity contribution >= 4 is 5.95 Å². The predicted molar refractivity (Wildman–Crippen MR) is 78.6 cm³/mol. The van der Waals surface area contributed by atoms with E-state index in [9.17, 15) is 0 Å². The number of hydrogen-bond acceptors (Lipinski definition) is 6. The Labute approximate surface area is 122 Å². The van der Waals surface area contributed by atoms with Gasteiger partial charge >= 0.3 is 0 Å². The van der Waals surface area contributed by atoms with E-state index in [0.717, 1.165) is 28.3 Å². The monoisotopic (exact) mass is 281 g/mol. The van der Waals surface area contributed by atoms with E-state index in [2.05, 4.69) is 25.7 Å². The van der Waals surface area contributed by atoms with Gasteiger partial charge in [-0.3, -0.25) is 0 Å². The van der Waals surface area contributed by atoms with Crippen LogP contribution in [0.2, 0.25) is 0 Å². The molecular formula is C15H15N5O. The zero-order valence-corrected chi connectivity index (χ0v) is 11.9. The van der Waals surface area contributed by atoms with Gasteiger partial charge in [0.2, 0.25) is 5.95 Å². The minimum absolute atomic E-state index is 0.463. The molecule has 2 heterocycles. The first-order valence-corrected chi connectivity index (χ1v) is 6.64. The van der Waals surface area contributed by atoms with Crippen molar-refractivity contribution in [1.82, 2.24) is 20.3 Å². The van der Waals surface area contributed by atoms with Gasteiger partial charge in [-0.05, 0) is 19.4 Å². The van der Waals surface area contributed by atoms with Gasteiger partial charge in [-0.1, -0.05) is 29.4 Å². The van der Waals surface area contributed by atoms with Crippen LogP contribution in [0.3, 0.4) is 0 Å². The first kappa shape index (κ1) is 13.2. The molecular weight excluding hydrogens is 266 g/mol. The Kier molecular flexibility index (Phi) is 3.59. The van der Waals surface area contributed by atoms with Gasteiger partial charge in [0.1, 0.15) is 0 Å². The Balaban J connectivity index is 1.79. The Morgan fingerprint density at radius 3 is 2.81 bits per heavy atom. The lowest BCUT2D eigenvalue weighted by Crippen LogP contribution is -2.05. The summed E-state index contributed by atoms with van der Waals surface area (Å²) in [6, 6.07) is 9.91. The molecule has 1 N–H and O–H groups in total. The van der Waals surface area contributed by atoms with E-state index in [1.165, 1.54) is 0 Å². The largest absolute Gasteiger partial charge is 0.359 e. The molecule has 6 heteroatoms. The van der Waals surface area contributed by atoms with Crippen molar-refractivity contribution in [3.8, 4) is 11.3 Å². The van der Waals surface area contributed by atoms with E-state index in [4.69, 9.17) is 4.52 Å². The molecule has 0 saturated carbocycles. The van der Waals surface area contributed by atoms with Crippen LogP contribution in [0, 0.1) is 13.8 Å². The molecule has 106 valence electrons. The predicted octanol–water partition coefficient (Wildman–Crippen LogP) is 2.76. The lowest BCUT2D eigenvalue weighted by Gasteiger charge is -2.06. The maximum absolute atomic E-state index is 5.13. The molecule has 0 bridgehead atoms. The van der Waals surface area contributed by atoms with E-state index < -0.39 is 0 Å². The number of hydrogen-bond donors (Lipinski definition) is 1. The van der Waals surface area contributed by atoms with E-state index in [0.29, 0.717) is 12.5 Å². The zero-order chi connectivity index (χ0) is 14.7. The second-order valence-corrected chi connectivity index (χ2v) is 4.77. The highest BCUT2D eigenvalue weighted by atomic mass is 16.5. The first-order chi connectivity index (χ1) is 10.2. The number of anilines is 1. The van der Waals surface area contributed by atoms with Crippen molar-refractivity contribution in [3.05, 3.63) is 53.5 Å². The van der Waals surface area contributed by atoms with Crippen molar-refractivity contribution in [3.63, 3.8) is 0 Å². The smallest absolute Gasteiger partial charge is 0.243 e. The first-order valence-electron chi connectivity index (χ1n) is 6.64. The Morgan fingerprint density at radius 1 is 1.19 bits per heavy atom. The van der Waals surface area contributed by atoms with Crippen molar-refractivity contribution in [2.75, 3.05) is 5.32 Å². The van der Waals surface area contributed by atoms with Crippen LogP contribution in [0.25, 0.3) is 11.3 Å². The number of benzene rings is 1. The van der Waals surface area contributed by atoms with Crippen LogP contribution in [0.1, 0.15) is 17.0 Å². The summed E-state index contributed by atoms with van der Waals surface area (Å²) >= 11 is 0. The van der Waals surface area contributed by atoms with Crippen LogP contribution < -0.4 is 5.32 Å². The molecule has 0 saturated heterocycles. The molecule has 6 nitrogen and oxygen atoms in total. The highest BCUT2D eigenvalue weighted by Gasteiger charge is 2.06. The second kappa shape index (κ2) is 5.70. The van der Waals surface area contributed by atoms with Gasteiger partial charge in [0.05, 0.1) is 24.1 Å². The van der Waals surface area contributed by atoms with E-state index in [1.54, 1.807) is 6.20 Å². The molecule has 3 rings (SSSR count). The third-order valence-corrected chi connectivity index (χ3v) is 3.08. The van der Waals surface area contributed by atoms with E-state index >= 15 is 0 Å². The summed E-state index contributed by atoms with van der Waals surface area (Å²) in [5.41, 5.74) is 3.83. The average molecular weight is 281 g/mol. The quantitative estimate of drug-likeness (QED) is 0.792. The molecule has 0 amide bonds. The summed E-state index contributed by atoms with van der Waals surface area (Å²) < 4.78 is 5.13. The Bertz CT molecular complexity index is 753. The number of aromatic nitrogens is 4. The van der Waals surface area contributed by atoms with Crippen molar-refractivity contribution < 1.29 is 4.52 Å². The molecule has 0 atom stereocenters. The summed E-state index contributed by atoms with van der Waals surface area (Å²) in [7, 11) is 0. The SMILES string of the molecule is Cc1cc(CNc2nncc(-c3ccccc3C)n2)on1. The number of nitrogens with one attached hydrogen (secondary N) is 1. The van der Waals surface area contributed by atoms with Crippen LogP contribution >= 0.6 is 0 Å². The summed E-state index contributed by atoms with van der Waals surface area (Å²) in [6.07, 6.45) is 1.66. The van der Waals surface area contributed by atoms with Gasteiger partial charge < -0.3 is 9.84 Å². The van der Waals surface area contributed by atoms with Crippen LogP contribution in [0.4, 0.5) is 5.95 Å². The molecule has 0 aliphatic heterocycles. The van der Waals surface area contributed by atoms with Gasteiger partial charge in [0, 0.05) is 11.6 Å². The van der Waals surface area contributed by atoms with Crippen molar-refractivity contribution in [1.29, 1.82) is 0 Å². The van der Waals surface area contributed by atoms with Crippen LogP contribution in [0.15, 0.2) is 41.1 Å². The lowest BCUT2D eigenvalue weighted by molar-refractivity contribution is 0.384. The van der Waals surface area contributed by atoms with Crippen LogP contribution in [-0.2, 0) is 6.54 Å². The Hall–Kier alpha value is -2.76. The van der Waals surface area contributed by atoms with Gasteiger partial charge in [0.25, 0.3) is 0 Å². The molecule has 21 heavy (non-hydrogen) atoms. The topological polar surface area (TPSA) is 76.7 Å². The lowest BCUT2D eigenvalue weighted by atomic mass is 10.1. The fraction of sp³-hybridized carbons (Fsp3) is 0.200. The minimum Gasteiger partial charge on any atom is -0.359 e. The fourth-order valence-corrected chi connectivity index (χ4v) is 2.03. The maximum atomic E-state index is 5.13. The number of aryl methyl sites for hydroxylation is 2. The highest BCUT2D eigenvalue weighted by molar-refractivity contribution is 5.63. The summed E-state index contributed by atoms with van der Waals surface area (Å²) in [4.78, 5) is 4.48. The molecule has 0 radical (unpaired) electrons. The Morgan fingerprint density at radius 2 is 2.05 bits per heavy atom. The number of nitrogens with zero attached hydrogens (tertiary/aromatic N) is 4. The van der Waals surface area contributed by atoms with Crippen LogP contribution in [-0.4, -0.2) is 20.3 Å². The number of rotatable bonds is 4. The normalized spacial score (nSPS) is 10.6. The highest BCUT2D eigenvalue weighted by Crippen LogP contribution is 2.20. The molecule has 0 aliphatic rings. The third kappa shape index (κ3) is 3.05. The second-order valence-electron chi connectivity index (χ2n) is 4.77. The van der Waals surface area contributed by atoms with Crippen molar-refractivity contribution in [2.24, 2.45) is 0 Å². The zero-order valence-electron chi connectivity index (χ0n) is 11.9. The molecule has 3 aromatic rings. The average Bonchev–Trinajstić information content (AvgIpc) is 2.92. The molecule has 0 fully saturated rings. The van der Waals surface area contributed by atoms with Crippen LogP contribution in [0.5, 0.6) is 0 Å². The van der Waals surface area contributed by atoms with Gasteiger partial charge in [-0.15, -0.1) is 5.10 Å². The molecule has 0 unspecified atom stereocenters. The standard InChI is InChI=1S/C15H15N5O/c1-10-5-3-4-6-13(10)14-9-17-19-15(18-14)16-8-12-7-11(2)20-21-12/h3-7,9H,8H2,1-2H3,(H,16,18,19). The molecule has 0 spiro atoms. The molecule has 0 aliphatic carbocycles. The van der Waals surface area contributed by atoms with Gasteiger partial charge in [-0.25, -0.2) is 4.98 Å². The van der Waals surface area contributed by atoms with Gasteiger partial charge in [0.15, 0.2) is 5.76 Å². The molecule has 1 aromatic carbocycles. The molecule has 2 aromatic heterocycles. The third-order valence-electron chi connectivity index (χ3n) is 3.08. The van der Waals surface area contributed by atoms with Crippen molar-refractivity contribution in [2.45, 2.75) is 20.4 Å². The summed E-state index contributed by atoms with van der Waals surface area (Å²) in [5, 5.41) is 14.9. The minimum atomic E-state index is 0.463. The van der Waals surface area contributed by atoms with Gasteiger partial charge in [-0.2, -0.15) is 5.10 Å². The van der Waals surface area contributed by atoms with E-state index in [1.807, 2.05) is 44.2 Å². The van der Waals surface area contributed by atoms with E-state index in [-0.39, 0.29) is 0 Å². The fourth-order valence-electron chi connectivity index (χ4n) is 2.03.